The monoisotopic (exact) mass is 567 g/mol. The van der Waals surface area contributed by atoms with Crippen LogP contribution < -0.4 is 15.4 Å². The lowest BCUT2D eigenvalue weighted by molar-refractivity contribution is 0.239. The number of benzene rings is 1. The third kappa shape index (κ3) is 6.59. The number of halogens is 1. The predicted octanol–water partition coefficient (Wildman–Crippen LogP) is 3.18. The highest BCUT2D eigenvalue weighted by atomic mass is 127. The van der Waals surface area contributed by atoms with Crippen LogP contribution in [0.15, 0.2) is 29.3 Å². The lowest BCUT2D eigenvalue weighted by Crippen LogP contribution is -2.43. The summed E-state index contributed by atoms with van der Waals surface area (Å²) in [6, 6.07) is 8.60. The molecule has 4 rings (SSSR count). The number of aliphatic imine (C=N–C) groups is 1. The number of fused-ring (bicyclic) bond motifs is 1. The van der Waals surface area contributed by atoms with Gasteiger partial charge in [-0.1, -0.05) is 24.6 Å². The van der Waals surface area contributed by atoms with Gasteiger partial charge in [0.05, 0.1) is 13.2 Å². The molecule has 1 aromatic carbocycles. The third-order valence-corrected chi connectivity index (χ3v) is 6.59. The zero-order valence-electron chi connectivity index (χ0n) is 19.9. The van der Waals surface area contributed by atoms with Crippen molar-refractivity contribution >= 4 is 29.9 Å². The van der Waals surface area contributed by atoms with Gasteiger partial charge >= 0.3 is 0 Å². The zero-order valence-corrected chi connectivity index (χ0v) is 22.3. The van der Waals surface area contributed by atoms with E-state index in [-0.39, 0.29) is 30.0 Å². The van der Waals surface area contributed by atoms with Gasteiger partial charge in [-0.15, -0.1) is 34.2 Å². The van der Waals surface area contributed by atoms with Crippen molar-refractivity contribution in [2.24, 2.45) is 4.99 Å². The van der Waals surface area contributed by atoms with Crippen LogP contribution in [0.2, 0.25) is 0 Å². The van der Waals surface area contributed by atoms with Crippen molar-refractivity contribution in [3.8, 4) is 5.75 Å². The van der Waals surface area contributed by atoms with Crippen molar-refractivity contribution in [3.05, 3.63) is 41.5 Å². The number of ether oxygens (including phenoxy) is 1. The highest BCUT2D eigenvalue weighted by Gasteiger charge is 2.26. The SMILES string of the molecule is CN=C(NCCc1nnc2n1CCCCC2)NCC(c1ccccc1OC)N1CCCC1.I. The van der Waals surface area contributed by atoms with Crippen molar-refractivity contribution in [1.82, 2.24) is 30.3 Å². The van der Waals surface area contributed by atoms with Gasteiger partial charge < -0.3 is 19.9 Å². The Balaban J connectivity index is 0.00000306. The van der Waals surface area contributed by atoms with Gasteiger partial charge in [0.2, 0.25) is 0 Å². The Kier molecular flexibility index (Phi) is 10.2. The van der Waals surface area contributed by atoms with Crippen molar-refractivity contribution in [2.75, 3.05) is 40.3 Å². The second kappa shape index (κ2) is 13.1. The first-order valence-electron chi connectivity index (χ1n) is 12.0. The number of hydrogen-bond acceptors (Lipinski definition) is 5. The molecule has 9 heteroatoms. The first-order valence-corrected chi connectivity index (χ1v) is 12.0. The lowest BCUT2D eigenvalue weighted by Gasteiger charge is -2.30. The number of methoxy groups -OCH3 is 1. The highest BCUT2D eigenvalue weighted by Crippen LogP contribution is 2.31. The quantitative estimate of drug-likeness (QED) is 0.290. The van der Waals surface area contributed by atoms with E-state index in [2.05, 4.69) is 47.4 Å². The Hall–Kier alpha value is -1.88. The Morgan fingerprint density at radius 2 is 1.85 bits per heavy atom. The predicted molar refractivity (Wildman–Crippen MR) is 143 cm³/mol. The minimum Gasteiger partial charge on any atom is -0.496 e. The number of aryl methyl sites for hydroxylation is 1. The highest BCUT2D eigenvalue weighted by molar-refractivity contribution is 14.0. The van der Waals surface area contributed by atoms with Crippen LogP contribution in [0.5, 0.6) is 5.75 Å². The molecule has 1 fully saturated rings. The minimum absolute atomic E-state index is 0. The number of rotatable bonds is 8. The van der Waals surface area contributed by atoms with Crippen LogP contribution in [0.4, 0.5) is 0 Å². The molecule has 2 N–H and O–H groups in total. The lowest BCUT2D eigenvalue weighted by atomic mass is 10.0. The summed E-state index contributed by atoms with van der Waals surface area (Å²) in [5, 5.41) is 15.9. The van der Waals surface area contributed by atoms with Crippen molar-refractivity contribution < 1.29 is 4.74 Å². The summed E-state index contributed by atoms with van der Waals surface area (Å²) in [6.45, 7) is 4.84. The van der Waals surface area contributed by atoms with Crippen molar-refractivity contribution in [1.29, 1.82) is 0 Å². The van der Waals surface area contributed by atoms with Crippen LogP contribution in [-0.2, 0) is 19.4 Å². The summed E-state index contributed by atoms with van der Waals surface area (Å²) in [5.41, 5.74) is 1.23. The molecule has 0 aliphatic carbocycles. The minimum atomic E-state index is 0. The van der Waals surface area contributed by atoms with E-state index in [4.69, 9.17) is 4.74 Å². The maximum Gasteiger partial charge on any atom is 0.191 e. The normalized spacial score (nSPS) is 17.6. The number of guanidine groups is 1. The van der Waals surface area contributed by atoms with Crippen molar-refractivity contribution in [3.63, 3.8) is 0 Å². The van der Waals surface area contributed by atoms with E-state index in [1.165, 1.54) is 37.7 Å². The van der Waals surface area contributed by atoms with Crippen LogP contribution in [0, 0.1) is 0 Å². The van der Waals surface area contributed by atoms with Gasteiger partial charge in [-0.25, -0.2) is 0 Å². The fourth-order valence-electron chi connectivity index (χ4n) is 4.87. The molecule has 33 heavy (non-hydrogen) atoms. The van der Waals surface area contributed by atoms with Crippen LogP contribution in [-0.4, -0.2) is 66.0 Å². The topological polar surface area (TPSA) is 79.6 Å². The van der Waals surface area contributed by atoms with Gasteiger partial charge in [0.25, 0.3) is 0 Å². The van der Waals surface area contributed by atoms with E-state index in [0.29, 0.717) is 0 Å². The fourth-order valence-corrected chi connectivity index (χ4v) is 4.87. The zero-order chi connectivity index (χ0) is 22.2. The number of nitrogens with zero attached hydrogens (tertiary/aromatic N) is 5. The molecule has 0 amide bonds. The van der Waals surface area contributed by atoms with Crippen LogP contribution >= 0.6 is 24.0 Å². The molecule has 2 aliphatic rings. The van der Waals surface area contributed by atoms with Gasteiger partial charge in [-0.05, 0) is 44.8 Å². The number of hydrogen-bond donors (Lipinski definition) is 2. The first kappa shape index (κ1) is 25.7. The molecule has 0 spiro atoms. The summed E-state index contributed by atoms with van der Waals surface area (Å²) < 4.78 is 7.98. The molecule has 3 heterocycles. The number of aromatic nitrogens is 3. The van der Waals surface area contributed by atoms with Crippen LogP contribution in [0.1, 0.15) is 55.4 Å². The van der Waals surface area contributed by atoms with Crippen LogP contribution in [0.25, 0.3) is 0 Å². The van der Waals surface area contributed by atoms with Gasteiger partial charge in [0, 0.05) is 45.1 Å². The maximum atomic E-state index is 5.66. The van der Waals surface area contributed by atoms with Gasteiger partial charge in [0.15, 0.2) is 5.96 Å². The molecule has 2 aromatic rings. The van der Waals surface area contributed by atoms with Crippen molar-refractivity contribution in [2.45, 2.75) is 57.5 Å². The summed E-state index contributed by atoms with van der Waals surface area (Å²) >= 11 is 0. The second-order valence-electron chi connectivity index (χ2n) is 8.63. The Morgan fingerprint density at radius 1 is 1.06 bits per heavy atom. The Labute approximate surface area is 214 Å². The molecule has 182 valence electrons. The largest absolute Gasteiger partial charge is 0.496 e. The van der Waals surface area contributed by atoms with E-state index in [1.807, 2.05) is 19.2 Å². The van der Waals surface area contributed by atoms with Gasteiger partial charge in [-0.3, -0.25) is 9.89 Å². The first-order chi connectivity index (χ1) is 15.8. The van der Waals surface area contributed by atoms with E-state index in [1.54, 1.807) is 7.11 Å². The molecule has 0 bridgehead atoms. The summed E-state index contributed by atoms with van der Waals surface area (Å²) in [5.74, 6) is 3.99. The average molecular weight is 568 g/mol. The van der Waals surface area contributed by atoms with E-state index >= 15 is 0 Å². The Bertz CT molecular complexity index is 895. The molecule has 8 nitrogen and oxygen atoms in total. The molecule has 0 radical (unpaired) electrons. The standard InChI is InChI=1S/C24H37N7O.HI/c1-25-24(26-14-13-23-29-28-22-12-4-3-7-17-31(22)23)27-18-20(30-15-8-9-16-30)19-10-5-6-11-21(19)32-2;/h5-6,10-11,20H,3-4,7-9,12-18H2,1-2H3,(H2,25,26,27);1H. The van der Waals surface area contributed by atoms with E-state index in [0.717, 1.165) is 68.9 Å². The van der Waals surface area contributed by atoms with E-state index < -0.39 is 0 Å². The smallest absolute Gasteiger partial charge is 0.191 e. The molecule has 1 unspecified atom stereocenters. The molecule has 1 atom stereocenters. The molecular formula is C24H38IN7O. The number of nitrogens with one attached hydrogen (secondary N) is 2. The molecule has 2 aliphatic heterocycles. The molecule has 1 saturated heterocycles. The van der Waals surface area contributed by atoms with E-state index in [9.17, 15) is 0 Å². The average Bonchev–Trinajstić information content (AvgIpc) is 3.43. The molecular weight excluding hydrogens is 529 g/mol. The number of para-hydroxylation sites is 1. The van der Waals surface area contributed by atoms with Crippen LogP contribution in [0.3, 0.4) is 0 Å². The summed E-state index contributed by atoms with van der Waals surface area (Å²) in [7, 11) is 3.57. The number of likely N-dealkylation sites (tertiary alicyclic amines) is 1. The summed E-state index contributed by atoms with van der Waals surface area (Å²) in [6.07, 6.45) is 8.11. The fraction of sp³-hybridized carbons (Fsp3) is 0.625. The molecule has 1 aromatic heterocycles. The third-order valence-electron chi connectivity index (χ3n) is 6.59. The Morgan fingerprint density at radius 3 is 2.64 bits per heavy atom. The maximum absolute atomic E-state index is 5.66. The summed E-state index contributed by atoms with van der Waals surface area (Å²) in [4.78, 5) is 6.99. The molecule has 0 saturated carbocycles. The van der Waals surface area contributed by atoms with Gasteiger partial charge in [0.1, 0.15) is 17.4 Å². The second-order valence-corrected chi connectivity index (χ2v) is 8.63. The van der Waals surface area contributed by atoms with Gasteiger partial charge in [-0.2, -0.15) is 0 Å².